The first-order valence-corrected chi connectivity index (χ1v) is 3.41. The van der Waals surface area contributed by atoms with Gasteiger partial charge in [0.15, 0.2) is 0 Å². The molecule has 1 aromatic carbocycles. The van der Waals surface area contributed by atoms with Gasteiger partial charge in [0, 0.05) is 0 Å². The SMILES string of the molecule is COC(=O)c1ccc(B=O)cc1. The molecule has 0 N–H and O–H groups in total. The predicted octanol–water partition coefficient (Wildman–Crippen LogP) is 0.148. The summed E-state index contributed by atoms with van der Waals surface area (Å²) in [6, 6.07) is 6.24. The van der Waals surface area contributed by atoms with Crippen LogP contribution in [0.25, 0.3) is 0 Å². The molecule has 1 rings (SSSR count). The van der Waals surface area contributed by atoms with Crippen molar-refractivity contribution in [2.45, 2.75) is 0 Å². The van der Waals surface area contributed by atoms with E-state index in [4.69, 9.17) is 0 Å². The molecule has 0 fully saturated rings. The van der Waals surface area contributed by atoms with Gasteiger partial charge >= 0.3 is 69.8 Å². The van der Waals surface area contributed by atoms with Gasteiger partial charge in [-0.25, -0.2) is 0 Å². The maximum atomic E-state index is 10.9. The van der Waals surface area contributed by atoms with Crippen LogP contribution < -0.4 is 5.46 Å². The number of hydrogen-bond acceptors (Lipinski definition) is 3. The van der Waals surface area contributed by atoms with Crippen molar-refractivity contribution in [2.75, 3.05) is 7.11 Å². The summed E-state index contributed by atoms with van der Waals surface area (Å²) in [4.78, 5) is 10.9. The zero-order chi connectivity index (χ0) is 8.97. The van der Waals surface area contributed by atoms with Crippen molar-refractivity contribution in [3.05, 3.63) is 29.8 Å². The molecule has 0 aliphatic rings. The Kier molecular flexibility index (Phi) is 2.74. The van der Waals surface area contributed by atoms with Crippen molar-refractivity contribution in [1.29, 1.82) is 0 Å². The molecule has 0 heterocycles. The van der Waals surface area contributed by atoms with E-state index in [0.717, 1.165) is 7.15 Å². The van der Waals surface area contributed by atoms with Crippen LogP contribution in [0.4, 0.5) is 0 Å². The van der Waals surface area contributed by atoms with Gasteiger partial charge in [-0.2, -0.15) is 0 Å². The Morgan fingerprint density at radius 2 is 1.92 bits per heavy atom. The molecule has 60 valence electrons. The van der Waals surface area contributed by atoms with Gasteiger partial charge in [0.25, 0.3) is 0 Å². The third kappa shape index (κ3) is 1.78. The Morgan fingerprint density at radius 3 is 2.33 bits per heavy atom. The first-order chi connectivity index (χ1) is 5.77. The molecule has 0 bridgehead atoms. The zero-order valence-electron chi connectivity index (χ0n) is 6.61. The van der Waals surface area contributed by atoms with Crippen molar-refractivity contribution in [2.24, 2.45) is 0 Å². The van der Waals surface area contributed by atoms with E-state index < -0.39 is 5.97 Å². The number of esters is 1. The molecule has 4 heteroatoms. The quantitative estimate of drug-likeness (QED) is 0.459. The maximum absolute atomic E-state index is 10.9. The van der Waals surface area contributed by atoms with E-state index in [1.807, 2.05) is 0 Å². The number of carbonyl (C=O) groups is 1. The third-order valence-corrected chi connectivity index (χ3v) is 1.47. The molecule has 0 unspecified atom stereocenters. The number of ether oxygens (including phenoxy) is 1. The fraction of sp³-hybridized carbons (Fsp3) is 0.125. The Balaban J connectivity index is 2.91. The summed E-state index contributed by atoms with van der Waals surface area (Å²) in [5.74, 6) is -0.396. The summed E-state index contributed by atoms with van der Waals surface area (Å²) < 4.78 is 14.7. The molecule has 0 saturated heterocycles. The summed E-state index contributed by atoms with van der Waals surface area (Å²) in [5.41, 5.74) is 0.991. The van der Waals surface area contributed by atoms with Gasteiger partial charge < -0.3 is 0 Å². The van der Waals surface area contributed by atoms with E-state index in [-0.39, 0.29) is 0 Å². The van der Waals surface area contributed by atoms with Crippen LogP contribution in [0.15, 0.2) is 24.3 Å². The number of methoxy groups -OCH3 is 1. The number of carbonyl (C=O) groups excluding carboxylic acids is 1. The van der Waals surface area contributed by atoms with Crippen LogP contribution in [0.2, 0.25) is 0 Å². The Labute approximate surface area is 70.6 Å². The molecule has 0 radical (unpaired) electrons. The van der Waals surface area contributed by atoms with Crippen molar-refractivity contribution < 1.29 is 14.2 Å². The minimum atomic E-state index is -0.396. The van der Waals surface area contributed by atoms with Crippen LogP contribution in [0.5, 0.6) is 0 Å². The van der Waals surface area contributed by atoms with Gasteiger partial charge in [0.05, 0.1) is 0 Å². The molecule has 0 aliphatic heterocycles. The van der Waals surface area contributed by atoms with Crippen LogP contribution in [0.1, 0.15) is 10.4 Å². The van der Waals surface area contributed by atoms with Crippen LogP contribution in [-0.2, 0) is 9.44 Å². The van der Waals surface area contributed by atoms with Crippen LogP contribution >= 0.6 is 0 Å². The number of rotatable bonds is 2. The third-order valence-electron chi connectivity index (χ3n) is 1.47. The van der Waals surface area contributed by atoms with Crippen LogP contribution in [-0.4, -0.2) is 20.2 Å². The molecular weight excluding hydrogens is 155 g/mol. The molecule has 0 saturated carbocycles. The monoisotopic (exact) mass is 162 g/mol. The standard InChI is InChI=1S/C8H7BO3/c1-12-8(10)6-2-4-7(9-11)5-3-6/h2-5H,1H3. The molecular formula is C8H7BO3. The van der Waals surface area contributed by atoms with Gasteiger partial charge in [-0.3, -0.25) is 0 Å². The Bertz CT molecular complexity index is 292. The van der Waals surface area contributed by atoms with E-state index >= 15 is 0 Å². The van der Waals surface area contributed by atoms with Crippen molar-refractivity contribution >= 4 is 18.6 Å². The number of benzene rings is 1. The second-order valence-electron chi connectivity index (χ2n) is 2.23. The second-order valence-corrected chi connectivity index (χ2v) is 2.23. The molecule has 1 aromatic rings. The average Bonchev–Trinajstić information content (AvgIpc) is 2.17. The molecule has 0 aromatic heterocycles. The summed E-state index contributed by atoms with van der Waals surface area (Å²) in [7, 11) is 2.04. The molecule has 0 aliphatic carbocycles. The fourth-order valence-corrected chi connectivity index (χ4v) is 0.816. The van der Waals surface area contributed by atoms with Crippen LogP contribution in [0, 0.1) is 0 Å². The second kappa shape index (κ2) is 3.81. The average molecular weight is 162 g/mol. The molecule has 3 nitrogen and oxygen atoms in total. The topological polar surface area (TPSA) is 43.4 Å². The van der Waals surface area contributed by atoms with Gasteiger partial charge in [-0.1, -0.05) is 0 Å². The van der Waals surface area contributed by atoms with E-state index in [2.05, 4.69) is 4.74 Å². The summed E-state index contributed by atoms with van der Waals surface area (Å²) >= 11 is 0. The molecule has 0 amide bonds. The Morgan fingerprint density at radius 1 is 1.33 bits per heavy atom. The van der Waals surface area contributed by atoms with Crippen molar-refractivity contribution in [1.82, 2.24) is 0 Å². The zero-order valence-corrected chi connectivity index (χ0v) is 6.61. The van der Waals surface area contributed by atoms with Gasteiger partial charge in [-0.15, -0.1) is 0 Å². The molecule has 0 spiro atoms. The predicted molar refractivity (Wildman–Crippen MR) is 43.9 cm³/mol. The molecule has 0 atom stereocenters. The van der Waals surface area contributed by atoms with E-state index in [0.29, 0.717) is 11.0 Å². The van der Waals surface area contributed by atoms with Crippen molar-refractivity contribution in [3.63, 3.8) is 0 Å². The number of hydrogen-bond donors (Lipinski definition) is 0. The van der Waals surface area contributed by atoms with Gasteiger partial charge in [0.1, 0.15) is 0 Å². The normalized spacial score (nSPS) is 8.75. The first kappa shape index (κ1) is 8.65. The van der Waals surface area contributed by atoms with Gasteiger partial charge in [-0.05, 0) is 0 Å². The molecule has 12 heavy (non-hydrogen) atoms. The van der Waals surface area contributed by atoms with Crippen molar-refractivity contribution in [3.8, 4) is 0 Å². The first-order valence-electron chi connectivity index (χ1n) is 3.41. The van der Waals surface area contributed by atoms with E-state index in [1.165, 1.54) is 7.11 Å². The minimum absolute atomic E-state index is 0.396. The fourth-order valence-electron chi connectivity index (χ4n) is 0.816. The summed E-state index contributed by atoms with van der Waals surface area (Å²) in [6.07, 6.45) is 0. The summed E-state index contributed by atoms with van der Waals surface area (Å²) in [5, 5.41) is 0. The van der Waals surface area contributed by atoms with Crippen LogP contribution in [0.3, 0.4) is 0 Å². The van der Waals surface area contributed by atoms with Gasteiger partial charge in [0.2, 0.25) is 0 Å². The Hall–Kier alpha value is -1.45. The van der Waals surface area contributed by atoms with E-state index in [9.17, 15) is 9.50 Å². The summed E-state index contributed by atoms with van der Waals surface area (Å²) in [6.45, 7) is 0. The van der Waals surface area contributed by atoms with E-state index in [1.54, 1.807) is 24.3 Å².